The Morgan fingerprint density at radius 1 is 1.03 bits per heavy atom. The number of aryl methyl sites for hydroxylation is 1. The van der Waals surface area contributed by atoms with Crippen LogP contribution < -0.4 is 5.32 Å². The number of hydrogen-bond donors (Lipinski definition) is 1. The second kappa shape index (κ2) is 9.79. The zero-order valence-corrected chi connectivity index (χ0v) is 17.9. The third-order valence-corrected chi connectivity index (χ3v) is 5.58. The van der Waals surface area contributed by atoms with Crippen molar-refractivity contribution in [2.24, 2.45) is 0 Å². The summed E-state index contributed by atoms with van der Waals surface area (Å²) in [6, 6.07) is 14.4. The normalized spacial score (nSPS) is 13.8. The van der Waals surface area contributed by atoms with Crippen LogP contribution in [0.5, 0.6) is 0 Å². The molecule has 1 aromatic heterocycles. The molecule has 2 aromatic carbocycles. The molecule has 7 heteroatoms. The molecule has 1 aliphatic rings. The minimum Gasteiger partial charge on any atom is -0.441 e. The summed E-state index contributed by atoms with van der Waals surface area (Å²) in [5.74, 6) is 0.892. The largest absolute Gasteiger partial charge is 0.441 e. The zero-order chi connectivity index (χ0) is 21.6. The van der Waals surface area contributed by atoms with Crippen LogP contribution in [0.25, 0.3) is 11.3 Å². The van der Waals surface area contributed by atoms with Crippen molar-refractivity contribution in [2.45, 2.75) is 32.1 Å². The molecule has 0 aliphatic carbocycles. The van der Waals surface area contributed by atoms with Crippen molar-refractivity contribution in [2.75, 3.05) is 18.4 Å². The predicted molar refractivity (Wildman–Crippen MR) is 120 cm³/mol. The van der Waals surface area contributed by atoms with Crippen LogP contribution in [-0.2, 0) is 11.2 Å². The van der Waals surface area contributed by atoms with Crippen molar-refractivity contribution in [1.82, 2.24) is 9.88 Å². The molecule has 0 spiro atoms. The number of piperidine rings is 1. The lowest BCUT2D eigenvalue weighted by atomic mass is 10.1. The number of para-hydroxylation sites is 1. The van der Waals surface area contributed by atoms with Crippen LogP contribution in [0, 0.1) is 0 Å². The third-order valence-electron chi connectivity index (χ3n) is 5.32. The standard InChI is InChI=1S/C24H24ClN3O3/c25-18-10-8-17(9-11-18)21-16-26-23(31-21)13-12-22(29)27-20-7-3-2-6-19(20)24(30)28-14-4-1-5-15-28/h2-3,6-11,16H,1,4-5,12-15H2,(H,27,29). The molecule has 0 unspecified atom stereocenters. The van der Waals surface area contributed by atoms with E-state index in [4.69, 9.17) is 16.0 Å². The number of anilines is 1. The highest BCUT2D eigenvalue weighted by atomic mass is 35.5. The van der Waals surface area contributed by atoms with Crippen LogP contribution in [-0.4, -0.2) is 34.8 Å². The summed E-state index contributed by atoms with van der Waals surface area (Å²) in [5.41, 5.74) is 1.94. The van der Waals surface area contributed by atoms with E-state index in [9.17, 15) is 9.59 Å². The van der Waals surface area contributed by atoms with Gasteiger partial charge in [-0.1, -0.05) is 23.7 Å². The Hall–Kier alpha value is -3.12. The maximum Gasteiger partial charge on any atom is 0.255 e. The van der Waals surface area contributed by atoms with Crippen LogP contribution in [0.4, 0.5) is 5.69 Å². The lowest BCUT2D eigenvalue weighted by Gasteiger charge is -2.27. The van der Waals surface area contributed by atoms with Crippen molar-refractivity contribution in [1.29, 1.82) is 0 Å². The quantitative estimate of drug-likeness (QED) is 0.575. The number of nitrogens with zero attached hydrogens (tertiary/aromatic N) is 2. The van der Waals surface area contributed by atoms with Gasteiger partial charge in [-0.3, -0.25) is 9.59 Å². The molecule has 0 radical (unpaired) electrons. The Morgan fingerprint density at radius 3 is 2.55 bits per heavy atom. The molecular weight excluding hydrogens is 414 g/mol. The molecule has 1 N–H and O–H groups in total. The van der Waals surface area contributed by atoms with Gasteiger partial charge in [0.2, 0.25) is 5.91 Å². The molecule has 160 valence electrons. The van der Waals surface area contributed by atoms with Crippen molar-refractivity contribution in [3.05, 3.63) is 71.2 Å². The van der Waals surface area contributed by atoms with Gasteiger partial charge in [0.15, 0.2) is 11.7 Å². The Labute approximate surface area is 186 Å². The highest BCUT2D eigenvalue weighted by molar-refractivity contribution is 6.30. The molecule has 2 amide bonds. The first-order valence-corrected chi connectivity index (χ1v) is 10.9. The average molecular weight is 438 g/mol. The smallest absolute Gasteiger partial charge is 0.255 e. The monoisotopic (exact) mass is 437 g/mol. The van der Waals surface area contributed by atoms with Crippen LogP contribution in [0.1, 0.15) is 41.9 Å². The Morgan fingerprint density at radius 2 is 1.77 bits per heavy atom. The van der Waals surface area contributed by atoms with E-state index >= 15 is 0 Å². The number of rotatable bonds is 6. The first-order valence-electron chi connectivity index (χ1n) is 10.5. The fraction of sp³-hybridized carbons (Fsp3) is 0.292. The average Bonchev–Trinajstić information content (AvgIpc) is 3.28. The van der Waals surface area contributed by atoms with E-state index in [-0.39, 0.29) is 18.2 Å². The SMILES string of the molecule is O=C(CCc1ncc(-c2ccc(Cl)cc2)o1)Nc1ccccc1C(=O)N1CCCCC1. The summed E-state index contributed by atoms with van der Waals surface area (Å²) in [5, 5.41) is 3.53. The van der Waals surface area contributed by atoms with Crippen LogP contribution in [0.2, 0.25) is 5.02 Å². The van der Waals surface area contributed by atoms with Gasteiger partial charge in [0.05, 0.1) is 17.4 Å². The van der Waals surface area contributed by atoms with Crippen molar-refractivity contribution in [3.63, 3.8) is 0 Å². The molecule has 0 bridgehead atoms. The summed E-state index contributed by atoms with van der Waals surface area (Å²) < 4.78 is 5.76. The van der Waals surface area contributed by atoms with E-state index in [1.54, 1.807) is 30.5 Å². The molecule has 3 aromatic rings. The summed E-state index contributed by atoms with van der Waals surface area (Å²) in [6.45, 7) is 1.53. The first kappa shape index (κ1) is 21.1. The highest BCUT2D eigenvalue weighted by Gasteiger charge is 2.21. The number of carbonyl (C=O) groups excluding carboxylic acids is 2. The molecule has 1 saturated heterocycles. The van der Waals surface area contributed by atoms with E-state index < -0.39 is 0 Å². The Kier molecular flexibility index (Phi) is 6.67. The second-order valence-electron chi connectivity index (χ2n) is 7.57. The second-order valence-corrected chi connectivity index (χ2v) is 8.01. The molecule has 4 rings (SSSR count). The maximum atomic E-state index is 12.9. The topological polar surface area (TPSA) is 75.4 Å². The lowest BCUT2D eigenvalue weighted by Crippen LogP contribution is -2.36. The van der Waals surface area contributed by atoms with Gasteiger partial charge in [-0.2, -0.15) is 0 Å². The van der Waals surface area contributed by atoms with E-state index in [0.717, 1.165) is 37.9 Å². The van der Waals surface area contributed by atoms with Crippen LogP contribution in [0.3, 0.4) is 0 Å². The fourth-order valence-electron chi connectivity index (χ4n) is 3.65. The number of benzene rings is 2. The minimum absolute atomic E-state index is 0.0316. The van der Waals surface area contributed by atoms with Gasteiger partial charge >= 0.3 is 0 Å². The number of oxazole rings is 1. The van der Waals surface area contributed by atoms with Crippen LogP contribution in [0.15, 0.2) is 59.1 Å². The summed E-state index contributed by atoms with van der Waals surface area (Å²) in [4.78, 5) is 31.5. The molecule has 1 fully saturated rings. The van der Waals surface area contributed by atoms with Gasteiger partial charge in [0, 0.05) is 36.5 Å². The number of nitrogens with one attached hydrogen (secondary N) is 1. The molecule has 2 heterocycles. The summed E-state index contributed by atoms with van der Waals surface area (Å²) in [6.07, 6.45) is 5.41. The summed E-state index contributed by atoms with van der Waals surface area (Å²) in [7, 11) is 0. The molecule has 31 heavy (non-hydrogen) atoms. The fourth-order valence-corrected chi connectivity index (χ4v) is 3.78. The summed E-state index contributed by atoms with van der Waals surface area (Å²) >= 11 is 5.92. The van der Waals surface area contributed by atoms with Crippen molar-refractivity contribution >= 4 is 29.1 Å². The van der Waals surface area contributed by atoms with Gasteiger partial charge < -0.3 is 14.6 Å². The Bertz CT molecular complexity index is 1060. The molecular formula is C24H24ClN3O3. The number of halogens is 1. The number of likely N-dealkylation sites (tertiary alicyclic amines) is 1. The molecule has 6 nitrogen and oxygen atoms in total. The first-order chi connectivity index (χ1) is 15.1. The minimum atomic E-state index is -0.190. The van der Waals surface area contributed by atoms with Crippen molar-refractivity contribution in [3.8, 4) is 11.3 Å². The van der Waals surface area contributed by atoms with Gasteiger partial charge in [-0.25, -0.2) is 4.98 Å². The van der Waals surface area contributed by atoms with E-state index in [0.29, 0.717) is 34.3 Å². The molecule has 0 saturated carbocycles. The number of amides is 2. The molecule has 0 atom stereocenters. The van der Waals surface area contributed by atoms with Gasteiger partial charge in [0.25, 0.3) is 5.91 Å². The number of aromatic nitrogens is 1. The Balaban J connectivity index is 1.36. The van der Waals surface area contributed by atoms with E-state index in [1.807, 2.05) is 29.2 Å². The van der Waals surface area contributed by atoms with Gasteiger partial charge in [-0.05, 0) is 55.7 Å². The third kappa shape index (κ3) is 5.33. The predicted octanol–water partition coefficient (Wildman–Crippen LogP) is 5.19. The van der Waals surface area contributed by atoms with Gasteiger partial charge in [0.1, 0.15) is 0 Å². The van der Waals surface area contributed by atoms with Crippen molar-refractivity contribution < 1.29 is 14.0 Å². The molecule has 1 aliphatic heterocycles. The van der Waals surface area contributed by atoms with E-state index in [2.05, 4.69) is 10.3 Å². The van der Waals surface area contributed by atoms with Crippen LogP contribution >= 0.6 is 11.6 Å². The highest BCUT2D eigenvalue weighted by Crippen LogP contribution is 2.23. The maximum absolute atomic E-state index is 12.9. The lowest BCUT2D eigenvalue weighted by molar-refractivity contribution is -0.116. The zero-order valence-electron chi connectivity index (χ0n) is 17.1. The van der Waals surface area contributed by atoms with Gasteiger partial charge in [-0.15, -0.1) is 0 Å². The number of hydrogen-bond acceptors (Lipinski definition) is 4. The number of carbonyl (C=O) groups is 2. The van der Waals surface area contributed by atoms with E-state index in [1.165, 1.54) is 0 Å².